The third kappa shape index (κ3) is 13.1. The molecule has 0 aromatic rings. The van der Waals surface area contributed by atoms with Gasteiger partial charge in [-0.2, -0.15) is 0 Å². The molecule has 16 saturated heterocycles. The van der Waals surface area contributed by atoms with E-state index in [4.69, 9.17) is 95.9 Å². The van der Waals surface area contributed by atoms with Crippen molar-refractivity contribution in [2.24, 2.45) is 94.7 Å². The lowest BCUT2D eigenvalue weighted by Crippen LogP contribution is -2.70. The molecule has 20 rings (SSSR count). The summed E-state index contributed by atoms with van der Waals surface area (Å²) >= 11 is 0. The summed E-state index contributed by atoms with van der Waals surface area (Å²) in [4.78, 5) is 111. The Morgan fingerprint density at radius 3 is 0.750 bits per heavy atom. The predicted octanol–water partition coefficient (Wildman–Crippen LogP) is 10.3. The van der Waals surface area contributed by atoms with Crippen LogP contribution in [0.2, 0.25) is 0 Å². The maximum absolute atomic E-state index is 14.4. The summed E-state index contributed by atoms with van der Waals surface area (Å²) < 4.78 is 78.3. The molecule has 0 amide bonds. The summed E-state index contributed by atoms with van der Waals surface area (Å²) in [6.07, 6.45) is 12.2. The molecule has 20 fully saturated rings. The van der Waals surface area contributed by atoms with Crippen LogP contribution in [0.25, 0.3) is 0 Å². The van der Waals surface area contributed by atoms with Crippen LogP contribution in [-0.4, -0.2) is 195 Å². The van der Waals surface area contributed by atoms with Crippen LogP contribution in [-0.2, 0) is 115 Å². The van der Waals surface area contributed by atoms with Gasteiger partial charge < -0.3 is 56.8 Å². The molecule has 4 spiro atoms. The summed E-state index contributed by atoms with van der Waals surface area (Å²) in [5, 5.41) is 0. The molecule has 4 saturated carbocycles. The Hall–Kier alpha value is -2.84. The van der Waals surface area contributed by atoms with E-state index in [1.807, 2.05) is 27.7 Å². The predicted molar refractivity (Wildman–Crippen MR) is 362 cm³/mol. The van der Waals surface area contributed by atoms with Gasteiger partial charge in [0.15, 0.2) is 47.6 Å². The van der Waals surface area contributed by atoms with E-state index in [0.29, 0.717) is 75.0 Å². The summed E-state index contributed by atoms with van der Waals surface area (Å²) in [5.41, 5.74) is -2.92. The molecule has 16 aliphatic heterocycles. The molecule has 0 aromatic carbocycles. The van der Waals surface area contributed by atoms with Crippen LogP contribution in [0.5, 0.6) is 0 Å². The van der Waals surface area contributed by atoms with Crippen molar-refractivity contribution in [2.45, 2.75) is 307 Å². The van der Waals surface area contributed by atoms with Crippen LogP contribution < -0.4 is 0 Å². The lowest BCUT2D eigenvalue weighted by molar-refractivity contribution is -0.571. The number of ether oxygens (including phenoxy) is 12. The Kier molecular flexibility index (Phi) is 20.8. The fourth-order valence-electron chi connectivity index (χ4n) is 24.0. The van der Waals surface area contributed by atoms with Gasteiger partial charge >= 0.3 is 23.9 Å². The van der Waals surface area contributed by atoms with Crippen LogP contribution in [0.1, 0.15) is 212 Å². The molecular formula is C78H120N2O24. The Balaban J connectivity index is 0.597. The van der Waals surface area contributed by atoms with Gasteiger partial charge in [-0.15, -0.1) is 0 Å². The Morgan fingerprint density at radius 2 is 0.529 bits per heavy atom. The number of carbonyl (C=O) groups excluding carboxylic acids is 4. The number of hydrogen-bond acceptors (Lipinski definition) is 26. The summed E-state index contributed by atoms with van der Waals surface area (Å²) in [6.45, 7) is 24.5. The normalized spacial score (nSPS) is 50.6. The van der Waals surface area contributed by atoms with E-state index in [-0.39, 0.29) is 161 Å². The molecule has 16 heterocycles. The molecule has 0 radical (unpaired) electrons. The van der Waals surface area contributed by atoms with Crippen LogP contribution in [0.3, 0.4) is 0 Å². The molecule has 8 bridgehead atoms. The van der Waals surface area contributed by atoms with Gasteiger partial charge in [0.2, 0.25) is 23.1 Å². The first kappa shape index (κ1) is 75.2. The van der Waals surface area contributed by atoms with E-state index < -0.39 is 94.6 Å². The highest BCUT2D eigenvalue weighted by Crippen LogP contribution is 2.66. The van der Waals surface area contributed by atoms with Gasteiger partial charge in [0.25, 0.3) is 0 Å². The van der Waals surface area contributed by atoms with Crippen molar-refractivity contribution in [3.8, 4) is 0 Å². The van der Waals surface area contributed by atoms with Crippen LogP contribution in [0.15, 0.2) is 0 Å². The number of hydrogen-bond donors (Lipinski definition) is 0. The lowest BCUT2D eigenvalue weighted by Gasteiger charge is -2.60. The standard InChI is InChI=1S/C78H120N2O24/c1-43-13-17-55-47(5)59(89-67-75(55)51(43)21-29-71(9,93-67)97-101-75)25-35-85-63(81)39-79(40-64(82)86-36-26-60-48(6)56-18-14-44(2)52-22-30-72(10)94-68(90-60)76(52,56)102-98-72)33-34-80(41-65(83)87-37-27-61-49(7)57-19-15-45(3)53-23-31-73(11)95-69(91-61)77(53,57)103-99-73)42-66(84)88-38-28-62-50(8)58-20-16-46(4)54-24-32-74(12)96-70(92-62)78(54,58)104-100-74/h43-62,67-70H,13-42H2,1-12H3/t43-,44-,45-,46-,47-,48-,49-,50-,51+,52+,53+,54+,55+,56+,57+,58+,59?,60?,61?,62?,67-,68-,69-,70-,71+,72+,73+,74+,75-,76-,77-,78-/m1/s1. The van der Waals surface area contributed by atoms with Gasteiger partial charge in [0.1, 0.15) is 0 Å². The number of nitrogens with zero attached hydrogens (tertiary/aromatic N) is 2. The Morgan fingerprint density at radius 1 is 0.308 bits per heavy atom. The van der Waals surface area contributed by atoms with Crippen molar-refractivity contribution in [1.82, 2.24) is 9.80 Å². The molecule has 586 valence electrons. The van der Waals surface area contributed by atoms with E-state index in [1.54, 1.807) is 9.80 Å². The van der Waals surface area contributed by atoms with Crippen molar-refractivity contribution in [3.63, 3.8) is 0 Å². The maximum Gasteiger partial charge on any atom is 0.320 e. The SMILES string of the molecule is C[C@@H]1CC[C@H]2[C@@H](C)C(CCOC(=O)CN(CCN(CC(=O)OCCC3O[C@@H]4O[C@]5(C)CC[C@H]6[C@H](C)CC[C@@H]([C@H]3C)[C@@]46OO5)CC(=O)OCCC3O[C@@H]4O[C@]5(C)CC[C@H]6[C@H](C)CC[C@@H]([C@H]3C)[C@@]46OO5)CC(=O)OCCC3O[C@@H]4O[C@]5(C)CC[C@H]6[C@H](C)CC[C@@H]([C@H]3C)[C@@]46OO5)O[C@@H]3O[C@]4(C)CC[C@@H]1[C@]32OO4. The van der Waals surface area contributed by atoms with E-state index >= 15 is 0 Å². The minimum Gasteiger partial charge on any atom is -0.465 e. The fourth-order valence-corrected chi connectivity index (χ4v) is 24.0. The van der Waals surface area contributed by atoms with Crippen molar-refractivity contribution in [2.75, 3.05) is 65.7 Å². The second-order valence-electron chi connectivity index (χ2n) is 36.2. The molecule has 0 aromatic heterocycles. The van der Waals surface area contributed by atoms with Crippen molar-refractivity contribution >= 4 is 23.9 Å². The summed E-state index contributed by atoms with van der Waals surface area (Å²) in [7, 11) is 0. The smallest absolute Gasteiger partial charge is 0.320 e. The molecule has 32 atom stereocenters. The minimum atomic E-state index is -0.935. The second kappa shape index (κ2) is 28.7. The zero-order chi connectivity index (χ0) is 72.7. The highest BCUT2D eigenvalue weighted by Gasteiger charge is 2.74. The third-order valence-corrected chi connectivity index (χ3v) is 30.0. The monoisotopic (exact) mass is 1470 g/mol. The first-order valence-corrected chi connectivity index (χ1v) is 40.6. The first-order chi connectivity index (χ1) is 49.7. The van der Waals surface area contributed by atoms with Crippen LogP contribution >= 0.6 is 0 Å². The van der Waals surface area contributed by atoms with E-state index in [0.717, 1.165) is 77.0 Å². The fraction of sp³-hybridized carbons (Fsp3) is 0.949. The quantitative estimate of drug-likeness (QED) is 0.0523. The lowest BCUT2D eigenvalue weighted by atomic mass is 9.57. The highest BCUT2D eigenvalue weighted by molar-refractivity contribution is 5.76. The maximum atomic E-state index is 14.4. The minimum absolute atomic E-state index is 0.0350. The number of fused-ring (bicyclic) bond motifs is 8. The molecule has 26 nitrogen and oxygen atoms in total. The third-order valence-electron chi connectivity index (χ3n) is 30.0. The number of carbonyl (C=O) groups is 4. The van der Waals surface area contributed by atoms with E-state index in [2.05, 4.69) is 55.4 Å². The van der Waals surface area contributed by atoms with Crippen molar-refractivity contribution in [1.29, 1.82) is 0 Å². The van der Waals surface area contributed by atoms with Gasteiger partial charge in [-0.25, -0.2) is 39.1 Å². The average molecular weight is 1470 g/mol. The van der Waals surface area contributed by atoms with Crippen LogP contribution in [0, 0.1) is 94.7 Å². The molecule has 26 heteroatoms. The Bertz CT molecular complexity index is 2740. The van der Waals surface area contributed by atoms with Gasteiger partial charge in [0.05, 0.1) is 77.0 Å². The topological polar surface area (TPSA) is 259 Å². The average Bonchev–Trinajstić information content (AvgIpc) is 1.55. The zero-order valence-corrected chi connectivity index (χ0v) is 63.8. The second-order valence-corrected chi connectivity index (χ2v) is 36.2. The zero-order valence-electron chi connectivity index (χ0n) is 63.8. The largest absolute Gasteiger partial charge is 0.465 e. The van der Waals surface area contributed by atoms with Crippen molar-refractivity contribution in [3.05, 3.63) is 0 Å². The van der Waals surface area contributed by atoms with Gasteiger partial charge in [0, 0.05) is 88.1 Å². The van der Waals surface area contributed by atoms with Crippen molar-refractivity contribution < 1.29 is 115 Å². The first-order valence-electron chi connectivity index (χ1n) is 40.6. The van der Waals surface area contributed by atoms with E-state index in [9.17, 15) is 19.2 Å². The molecule has 104 heavy (non-hydrogen) atoms. The highest BCUT2D eigenvalue weighted by atomic mass is 17.3. The Labute approximate surface area is 613 Å². The van der Waals surface area contributed by atoms with Gasteiger partial charge in [-0.05, 0) is 176 Å². The van der Waals surface area contributed by atoms with Crippen LogP contribution in [0.4, 0.5) is 0 Å². The molecule has 4 aliphatic carbocycles. The van der Waals surface area contributed by atoms with E-state index in [1.165, 1.54) is 0 Å². The summed E-state index contributed by atoms with van der Waals surface area (Å²) in [5.74, 6) is -2.99. The molecule has 20 aliphatic rings. The van der Waals surface area contributed by atoms with Gasteiger partial charge in [-0.3, -0.25) is 29.0 Å². The number of rotatable bonds is 23. The molecule has 0 N–H and O–H groups in total. The summed E-state index contributed by atoms with van der Waals surface area (Å²) in [6, 6.07) is 0. The van der Waals surface area contributed by atoms with Gasteiger partial charge in [-0.1, -0.05) is 55.4 Å². The molecular weight excluding hydrogens is 1350 g/mol. The number of esters is 4. The molecule has 4 unspecified atom stereocenters.